The number of ether oxygens (including phenoxy) is 1. The number of hydrogen-bond acceptors (Lipinski definition) is 5. The van der Waals surface area contributed by atoms with Crippen LogP contribution in [0, 0.1) is 5.92 Å². The van der Waals surface area contributed by atoms with Crippen LogP contribution in [0.15, 0.2) is 42.5 Å². The zero-order valence-electron chi connectivity index (χ0n) is 19.6. The average molecular weight is 541 g/mol. The van der Waals surface area contributed by atoms with Crippen LogP contribution in [0.3, 0.4) is 0 Å². The number of nitrogens with zero attached hydrogens (tertiary/aromatic N) is 2. The molecule has 0 radical (unpaired) electrons. The molecule has 0 aromatic heterocycles. The Kier molecular flexibility index (Phi) is 9.07. The van der Waals surface area contributed by atoms with Gasteiger partial charge in [0.2, 0.25) is 15.9 Å². The van der Waals surface area contributed by atoms with E-state index in [4.69, 9.17) is 27.9 Å². The number of sulfonamides is 1. The van der Waals surface area contributed by atoms with Crippen LogP contribution in [0.2, 0.25) is 10.0 Å². The molecule has 1 N–H and O–H groups in total. The van der Waals surface area contributed by atoms with Crippen molar-refractivity contribution in [1.82, 2.24) is 14.5 Å². The molecule has 2 aromatic rings. The van der Waals surface area contributed by atoms with Gasteiger partial charge in [-0.2, -0.15) is 0 Å². The summed E-state index contributed by atoms with van der Waals surface area (Å²) in [5.74, 6) is -0.352. The third-order valence-electron chi connectivity index (χ3n) is 6.52. The van der Waals surface area contributed by atoms with Gasteiger partial charge in [-0.05, 0) is 41.7 Å². The van der Waals surface area contributed by atoms with E-state index >= 15 is 0 Å². The molecular formula is C25H31Cl2N3O4S. The molecule has 190 valence electrons. The van der Waals surface area contributed by atoms with Crippen molar-refractivity contribution in [3.05, 3.63) is 69.2 Å². The molecule has 0 bridgehead atoms. The van der Waals surface area contributed by atoms with Crippen LogP contribution < -0.4 is 5.32 Å². The summed E-state index contributed by atoms with van der Waals surface area (Å²) >= 11 is 11.9. The number of carbonyl (C=O) groups excluding carboxylic acids is 1. The zero-order chi connectivity index (χ0) is 24.8. The van der Waals surface area contributed by atoms with Crippen molar-refractivity contribution in [1.29, 1.82) is 0 Å². The Hall–Kier alpha value is -1.68. The van der Waals surface area contributed by atoms with E-state index in [-0.39, 0.29) is 17.6 Å². The molecule has 0 saturated carbocycles. The second-order valence-corrected chi connectivity index (χ2v) is 11.9. The number of rotatable bonds is 8. The molecule has 0 atom stereocenters. The van der Waals surface area contributed by atoms with Gasteiger partial charge in [-0.1, -0.05) is 53.5 Å². The van der Waals surface area contributed by atoms with Gasteiger partial charge in [-0.15, -0.1) is 0 Å². The van der Waals surface area contributed by atoms with E-state index < -0.39 is 10.0 Å². The van der Waals surface area contributed by atoms with Crippen molar-refractivity contribution in [3.8, 4) is 0 Å². The molecule has 2 fully saturated rings. The Morgan fingerprint density at radius 1 is 0.943 bits per heavy atom. The normalized spacial score (nSPS) is 18.5. The van der Waals surface area contributed by atoms with Crippen LogP contribution >= 0.6 is 23.2 Å². The minimum absolute atomic E-state index is 0.0230. The first-order chi connectivity index (χ1) is 16.8. The monoisotopic (exact) mass is 539 g/mol. The number of hydrogen-bond donors (Lipinski definition) is 1. The molecule has 0 unspecified atom stereocenters. The second kappa shape index (κ2) is 12.0. The van der Waals surface area contributed by atoms with E-state index in [1.54, 1.807) is 18.2 Å². The average Bonchev–Trinajstić information content (AvgIpc) is 2.85. The molecular weight excluding hydrogens is 509 g/mol. The molecule has 2 aliphatic rings. The molecule has 10 heteroatoms. The van der Waals surface area contributed by atoms with E-state index in [1.165, 1.54) is 9.87 Å². The summed E-state index contributed by atoms with van der Waals surface area (Å²) < 4.78 is 32.6. The van der Waals surface area contributed by atoms with Crippen LogP contribution in [-0.2, 0) is 38.4 Å². The summed E-state index contributed by atoms with van der Waals surface area (Å²) in [6.07, 6.45) is 1.01. The summed E-state index contributed by atoms with van der Waals surface area (Å²) in [4.78, 5) is 15.1. The van der Waals surface area contributed by atoms with Crippen LogP contribution in [0.4, 0.5) is 0 Å². The maximum Gasteiger partial charge on any atom is 0.223 e. The molecule has 0 spiro atoms. The highest BCUT2D eigenvalue weighted by atomic mass is 35.5. The quantitative estimate of drug-likeness (QED) is 0.553. The van der Waals surface area contributed by atoms with Gasteiger partial charge in [-0.3, -0.25) is 9.69 Å². The molecule has 2 heterocycles. The van der Waals surface area contributed by atoms with Gasteiger partial charge < -0.3 is 10.1 Å². The topological polar surface area (TPSA) is 79.0 Å². The van der Waals surface area contributed by atoms with Crippen molar-refractivity contribution >= 4 is 39.1 Å². The summed E-state index contributed by atoms with van der Waals surface area (Å²) in [5, 5.41) is 3.76. The fraction of sp³-hybridized carbons (Fsp3) is 0.480. The molecule has 7 nitrogen and oxygen atoms in total. The van der Waals surface area contributed by atoms with Gasteiger partial charge in [0.1, 0.15) is 0 Å². The molecule has 2 aromatic carbocycles. The van der Waals surface area contributed by atoms with Crippen molar-refractivity contribution in [3.63, 3.8) is 0 Å². The number of halogens is 2. The summed E-state index contributed by atoms with van der Waals surface area (Å²) in [5.41, 5.74) is 2.88. The van der Waals surface area contributed by atoms with Crippen molar-refractivity contribution in [2.45, 2.75) is 31.7 Å². The van der Waals surface area contributed by atoms with Crippen molar-refractivity contribution in [2.24, 2.45) is 5.92 Å². The highest BCUT2D eigenvalue weighted by Crippen LogP contribution is 2.26. The molecule has 0 aliphatic carbocycles. The van der Waals surface area contributed by atoms with E-state index in [2.05, 4.69) is 22.3 Å². The lowest BCUT2D eigenvalue weighted by Crippen LogP contribution is -2.43. The Balaban J connectivity index is 1.24. The lowest BCUT2D eigenvalue weighted by Gasteiger charge is -2.30. The lowest BCUT2D eigenvalue weighted by atomic mass is 9.97. The number of morpholine rings is 1. The first-order valence-electron chi connectivity index (χ1n) is 11.9. The molecule has 2 aliphatic heterocycles. The summed E-state index contributed by atoms with van der Waals surface area (Å²) in [6.45, 7) is 5.40. The Morgan fingerprint density at radius 2 is 1.66 bits per heavy atom. The maximum absolute atomic E-state index is 12.9. The van der Waals surface area contributed by atoms with E-state index in [1.807, 2.05) is 12.1 Å². The highest BCUT2D eigenvalue weighted by molar-refractivity contribution is 7.88. The largest absolute Gasteiger partial charge is 0.379 e. The molecule has 1 amide bonds. The highest BCUT2D eigenvalue weighted by Gasteiger charge is 2.31. The minimum atomic E-state index is -3.50. The van der Waals surface area contributed by atoms with Gasteiger partial charge in [0.15, 0.2) is 0 Å². The molecule has 2 saturated heterocycles. The number of benzene rings is 2. The third-order valence-corrected chi connectivity index (χ3v) is 9.11. The number of nitrogens with one attached hydrogen (secondary N) is 1. The van der Waals surface area contributed by atoms with E-state index in [0.29, 0.717) is 48.1 Å². The maximum atomic E-state index is 12.9. The second-order valence-electron chi connectivity index (χ2n) is 9.10. The standard InChI is InChI=1S/C25H31Cl2N3O4S/c26-23-5-4-21(15-24(23)27)18-35(32,33)30-8-6-22(7-9-30)25(31)28-16-19-2-1-3-20(14-19)17-29-10-12-34-13-11-29/h1-5,14-15,22H,6-13,16-18H2,(H,28,31). The van der Waals surface area contributed by atoms with Gasteiger partial charge in [0.25, 0.3) is 0 Å². The minimum Gasteiger partial charge on any atom is -0.379 e. The van der Waals surface area contributed by atoms with E-state index in [9.17, 15) is 13.2 Å². The third kappa shape index (κ3) is 7.41. The van der Waals surface area contributed by atoms with Gasteiger partial charge in [-0.25, -0.2) is 12.7 Å². The fourth-order valence-corrected chi connectivity index (χ4v) is 6.39. The Labute approximate surface area is 217 Å². The fourth-order valence-electron chi connectivity index (χ4n) is 4.52. The summed E-state index contributed by atoms with van der Waals surface area (Å²) in [6, 6.07) is 13.1. The summed E-state index contributed by atoms with van der Waals surface area (Å²) in [7, 11) is -3.50. The van der Waals surface area contributed by atoms with Crippen LogP contribution in [-0.4, -0.2) is 62.9 Å². The predicted octanol–water partition coefficient (Wildman–Crippen LogP) is 3.68. The van der Waals surface area contributed by atoms with Crippen molar-refractivity contribution < 1.29 is 17.9 Å². The zero-order valence-corrected chi connectivity index (χ0v) is 21.9. The van der Waals surface area contributed by atoms with Crippen molar-refractivity contribution in [2.75, 3.05) is 39.4 Å². The Morgan fingerprint density at radius 3 is 2.37 bits per heavy atom. The van der Waals surface area contributed by atoms with E-state index in [0.717, 1.165) is 38.4 Å². The van der Waals surface area contributed by atoms with Crippen LogP contribution in [0.5, 0.6) is 0 Å². The first kappa shape index (κ1) is 26.4. The predicted molar refractivity (Wildman–Crippen MR) is 138 cm³/mol. The van der Waals surface area contributed by atoms with Gasteiger partial charge in [0.05, 0.1) is 29.0 Å². The van der Waals surface area contributed by atoms with Crippen LogP contribution in [0.25, 0.3) is 0 Å². The first-order valence-corrected chi connectivity index (χ1v) is 14.2. The Bertz CT molecular complexity index is 1130. The number of amides is 1. The molecule has 4 rings (SSSR count). The lowest BCUT2D eigenvalue weighted by molar-refractivity contribution is -0.126. The SMILES string of the molecule is O=C(NCc1cccc(CN2CCOCC2)c1)C1CCN(S(=O)(=O)Cc2ccc(Cl)c(Cl)c2)CC1. The number of carbonyl (C=O) groups is 1. The van der Waals surface area contributed by atoms with Gasteiger partial charge >= 0.3 is 0 Å². The number of piperidine rings is 1. The molecule has 35 heavy (non-hydrogen) atoms. The van der Waals surface area contributed by atoms with Gasteiger partial charge in [0, 0.05) is 45.2 Å². The van der Waals surface area contributed by atoms with Crippen LogP contribution in [0.1, 0.15) is 29.5 Å². The smallest absolute Gasteiger partial charge is 0.223 e.